The summed E-state index contributed by atoms with van der Waals surface area (Å²) >= 11 is 0. The van der Waals surface area contributed by atoms with Crippen LogP contribution in [0.2, 0.25) is 0 Å². The molecule has 2 aliphatic rings. The minimum Gasteiger partial charge on any atom is -0.448 e. The number of benzene rings is 2. The van der Waals surface area contributed by atoms with Crippen molar-refractivity contribution in [3.05, 3.63) is 53.8 Å². The Morgan fingerprint density at radius 2 is 1.94 bits per heavy atom. The van der Waals surface area contributed by atoms with Crippen LogP contribution >= 0.6 is 0 Å². The Balaban J connectivity index is 1.44. The first-order valence-electron chi connectivity index (χ1n) is 9.94. The topological polar surface area (TPSA) is 88.2 Å². The molecule has 31 heavy (non-hydrogen) atoms. The molecule has 0 radical (unpaired) electrons. The van der Waals surface area contributed by atoms with E-state index in [2.05, 4.69) is 5.32 Å². The first-order chi connectivity index (χ1) is 14.9. The van der Waals surface area contributed by atoms with Crippen LogP contribution in [0.25, 0.3) is 11.1 Å². The highest BCUT2D eigenvalue weighted by molar-refractivity contribution is 5.90. The second-order valence-corrected chi connectivity index (χ2v) is 7.45. The van der Waals surface area contributed by atoms with Crippen molar-refractivity contribution in [1.29, 1.82) is 0 Å². The number of ether oxygens (including phenoxy) is 2. The summed E-state index contributed by atoms with van der Waals surface area (Å²) in [6.07, 6.45) is -1.39. The van der Waals surface area contributed by atoms with Crippen LogP contribution in [-0.2, 0) is 20.8 Å². The molecule has 2 fully saturated rings. The third-order valence-corrected chi connectivity index (χ3v) is 5.20. The molecule has 0 aromatic heterocycles. The summed E-state index contributed by atoms with van der Waals surface area (Å²) in [7, 11) is 0. The van der Waals surface area contributed by atoms with Gasteiger partial charge in [0, 0.05) is 19.0 Å². The number of carbonyl (C=O) groups is 3. The highest BCUT2D eigenvalue weighted by Crippen LogP contribution is 2.29. The Morgan fingerprint density at radius 3 is 2.58 bits per heavy atom. The lowest BCUT2D eigenvalue weighted by Gasteiger charge is -2.15. The summed E-state index contributed by atoms with van der Waals surface area (Å²) < 4.78 is 25.0. The van der Waals surface area contributed by atoms with Gasteiger partial charge in [-0.15, -0.1) is 0 Å². The monoisotopic (exact) mass is 427 g/mol. The second kappa shape index (κ2) is 8.63. The van der Waals surface area contributed by atoms with Crippen molar-refractivity contribution in [1.82, 2.24) is 10.2 Å². The Bertz CT molecular complexity index is 1010. The highest BCUT2D eigenvalue weighted by Gasteiger charge is 2.32. The number of hydrogen-bond acceptors (Lipinski definition) is 5. The van der Waals surface area contributed by atoms with Gasteiger partial charge in [-0.05, 0) is 29.3 Å². The molecule has 2 aliphatic heterocycles. The van der Waals surface area contributed by atoms with E-state index in [0.717, 1.165) is 5.56 Å². The molecule has 9 heteroatoms. The molecule has 2 heterocycles. The van der Waals surface area contributed by atoms with Crippen LogP contribution < -0.4 is 10.2 Å². The molecule has 0 aliphatic carbocycles. The molecule has 0 spiro atoms. The zero-order chi connectivity index (χ0) is 22.0. The molecular formula is C22H22FN3O5. The fourth-order valence-electron chi connectivity index (χ4n) is 3.58. The van der Waals surface area contributed by atoms with Crippen molar-refractivity contribution in [3.63, 3.8) is 0 Å². The van der Waals surface area contributed by atoms with Crippen molar-refractivity contribution < 1.29 is 28.2 Å². The maximum atomic E-state index is 14.8. The van der Waals surface area contributed by atoms with Gasteiger partial charge < -0.3 is 19.7 Å². The number of carbonyl (C=O) groups excluding carboxylic acids is 3. The number of nitrogens with zero attached hydrogens (tertiary/aromatic N) is 2. The molecule has 0 bridgehead atoms. The quantitative estimate of drug-likeness (QED) is 0.766. The minimum absolute atomic E-state index is 0.208. The number of rotatable bonds is 6. The van der Waals surface area contributed by atoms with Gasteiger partial charge in [0.1, 0.15) is 18.5 Å². The summed E-state index contributed by atoms with van der Waals surface area (Å²) in [5, 5.41) is 2.61. The van der Waals surface area contributed by atoms with Gasteiger partial charge in [-0.25, -0.2) is 14.0 Å². The van der Waals surface area contributed by atoms with Crippen LogP contribution in [0.1, 0.15) is 12.5 Å². The first kappa shape index (κ1) is 20.6. The number of halogens is 1. The van der Waals surface area contributed by atoms with Crippen molar-refractivity contribution in [3.8, 4) is 11.1 Å². The van der Waals surface area contributed by atoms with Crippen LogP contribution in [0.15, 0.2) is 42.5 Å². The molecule has 1 atom stereocenters. The van der Waals surface area contributed by atoms with Crippen molar-refractivity contribution in [2.75, 3.05) is 31.1 Å². The molecule has 0 saturated carbocycles. The molecule has 2 aromatic carbocycles. The first-order valence-corrected chi connectivity index (χ1v) is 9.94. The van der Waals surface area contributed by atoms with E-state index >= 15 is 0 Å². The zero-order valence-corrected chi connectivity index (χ0v) is 17.0. The van der Waals surface area contributed by atoms with Crippen LogP contribution in [0.5, 0.6) is 0 Å². The van der Waals surface area contributed by atoms with E-state index in [-0.39, 0.29) is 25.1 Å². The molecule has 8 nitrogen and oxygen atoms in total. The van der Waals surface area contributed by atoms with E-state index < -0.39 is 18.0 Å². The van der Waals surface area contributed by atoms with Crippen LogP contribution in [0, 0.1) is 5.82 Å². The molecule has 4 rings (SSSR count). The van der Waals surface area contributed by atoms with Gasteiger partial charge in [0.2, 0.25) is 5.91 Å². The number of nitrogens with one attached hydrogen (secondary N) is 1. The maximum absolute atomic E-state index is 14.8. The van der Waals surface area contributed by atoms with Crippen molar-refractivity contribution in [2.45, 2.75) is 19.6 Å². The van der Waals surface area contributed by atoms with Crippen molar-refractivity contribution >= 4 is 23.8 Å². The van der Waals surface area contributed by atoms with Crippen LogP contribution in [-0.4, -0.2) is 55.3 Å². The molecule has 162 valence electrons. The fraction of sp³-hybridized carbons (Fsp3) is 0.318. The molecular weight excluding hydrogens is 405 g/mol. The molecule has 3 amide bonds. The minimum atomic E-state index is -0.577. The SMILES string of the molecule is CC(=O)NCC1CN(c2ccc(-c3ccc(CN4CCOC4=O)cc3)c(F)c2)C(=O)O1. The van der Waals surface area contributed by atoms with E-state index in [1.165, 1.54) is 17.9 Å². The van der Waals surface area contributed by atoms with E-state index in [0.29, 0.717) is 36.5 Å². The lowest BCUT2D eigenvalue weighted by molar-refractivity contribution is -0.119. The van der Waals surface area contributed by atoms with Gasteiger partial charge in [0.15, 0.2) is 0 Å². The predicted molar refractivity (Wildman–Crippen MR) is 110 cm³/mol. The highest BCUT2D eigenvalue weighted by atomic mass is 19.1. The summed E-state index contributed by atoms with van der Waals surface area (Å²) in [5.41, 5.74) is 2.40. The van der Waals surface area contributed by atoms with Crippen molar-refractivity contribution in [2.24, 2.45) is 0 Å². The van der Waals surface area contributed by atoms with Gasteiger partial charge in [-0.2, -0.15) is 0 Å². The average molecular weight is 427 g/mol. The molecule has 2 aromatic rings. The second-order valence-electron chi connectivity index (χ2n) is 7.45. The van der Waals surface area contributed by atoms with Gasteiger partial charge in [-0.1, -0.05) is 24.3 Å². The third kappa shape index (κ3) is 4.60. The molecule has 1 unspecified atom stereocenters. The Morgan fingerprint density at radius 1 is 1.16 bits per heavy atom. The number of anilines is 1. The van der Waals surface area contributed by atoms with E-state index in [4.69, 9.17) is 9.47 Å². The predicted octanol–water partition coefficient (Wildman–Crippen LogP) is 2.91. The lowest BCUT2D eigenvalue weighted by atomic mass is 10.0. The maximum Gasteiger partial charge on any atom is 0.414 e. The van der Waals surface area contributed by atoms with Crippen LogP contribution in [0.3, 0.4) is 0 Å². The van der Waals surface area contributed by atoms with E-state index in [9.17, 15) is 18.8 Å². The summed E-state index contributed by atoms with van der Waals surface area (Å²) in [5.74, 6) is -0.678. The summed E-state index contributed by atoms with van der Waals surface area (Å²) in [6, 6.07) is 11.9. The van der Waals surface area contributed by atoms with Gasteiger partial charge in [0.25, 0.3) is 0 Å². The smallest absolute Gasteiger partial charge is 0.414 e. The van der Waals surface area contributed by atoms with E-state index in [1.54, 1.807) is 29.2 Å². The largest absolute Gasteiger partial charge is 0.448 e. The normalized spacial score (nSPS) is 18.2. The Kier molecular flexibility index (Phi) is 5.75. The fourth-order valence-corrected chi connectivity index (χ4v) is 3.58. The number of amides is 3. The summed E-state index contributed by atoms with van der Waals surface area (Å²) in [6.45, 7) is 3.21. The zero-order valence-electron chi connectivity index (χ0n) is 17.0. The van der Waals surface area contributed by atoms with Crippen LogP contribution in [0.4, 0.5) is 19.7 Å². The van der Waals surface area contributed by atoms with E-state index in [1.807, 2.05) is 12.1 Å². The van der Waals surface area contributed by atoms with Gasteiger partial charge >= 0.3 is 12.2 Å². The Labute approximate surface area is 178 Å². The van der Waals surface area contributed by atoms with Gasteiger partial charge in [-0.3, -0.25) is 9.69 Å². The molecule has 2 saturated heterocycles. The Hall–Kier alpha value is -3.62. The van der Waals surface area contributed by atoms with Gasteiger partial charge in [0.05, 0.1) is 25.3 Å². The average Bonchev–Trinajstić information content (AvgIpc) is 3.32. The summed E-state index contributed by atoms with van der Waals surface area (Å²) in [4.78, 5) is 37.7. The number of hydrogen-bond donors (Lipinski definition) is 1. The standard InChI is InChI=1S/C22H22FN3O5/c1-14(27)24-11-18-13-26(22(29)31-18)17-6-7-19(20(23)10-17)16-4-2-15(3-5-16)12-25-8-9-30-21(25)28/h2-7,10,18H,8-9,11-13H2,1H3,(H,24,27). The number of cyclic esters (lactones) is 2. The lowest BCUT2D eigenvalue weighted by Crippen LogP contribution is -2.33. The third-order valence-electron chi connectivity index (χ3n) is 5.20. The molecule has 1 N–H and O–H groups in total.